The molecule has 1 aromatic carbocycles. The highest BCUT2D eigenvalue weighted by atomic mass is 19.1. The molecular weight excluding hydrogens is 291 g/mol. The Morgan fingerprint density at radius 3 is 2.61 bits per heavy atom. The SMILES string of the molecule is CCC(C)N(C)CCNC(=NC)NCCc1ccc(F)cc1C. The van der Waals surface area contributed by atoms with Gasteiger partial charge in [0.15, 0.2) is 5.96 Å². The van der Waals surface area contributed by atoms with Gasteiger partial charge in [-0.3, -0.25) is 4.99 Å². The molecule has 5 heteroatoms. The number of hydrogen-bond acceptors (Lipinski definition) is 2. The Labute approximate surface area is 140 Å². The third-order valence-corrected chi connectivity index (χ3v) is 4.32. The Morgan fingerprint density at radius 2 is 2.00 bits per heavy atom. The van der Waals surface area contributed by atoms with Gasteiger partial charge in [0.05, 0.1) is 0 Å². The Hall–Kier alpha value is -1.62. The standard InChI is InChI=1S/C18H31FN4/c1-6-15(3)23(5)12-11-22-18(20-4)21-10-9-16-7-8-17(19)13-14(16)2/h7-8,13,15H,6,9-12H2,1-5H3,(H2,20,21,22). The molecule has 1 rings (SSSR count). The van der Waals surface area contributed by atoms with Gasteiger partial charge in [0.25, 0.3) is 0 Å². The minimum Gasteiger partial charge on any atom is -0.356 e. The van der Waals surface area contributed by atoms with Gasteiger partial charge in [-0.1, -0.05) is 13.0 Å². The van der Waals surface area contributed by atoms with E-state index < -0.39 is 0 Å². The van der Waals surface area contributed by atoms with Gasteiger partial charge in [0.1, 0.15) is 5.82 Å². The summed E-state index contributed by atoms with van der Waals surface area (Å²) in [6.45, 7) is 8.98. The summed E-state index contributed by atoms with van der Waals surface area (Å²) in [6, 6.07) is 5.53. The maximum atomic E-state index is 13.1. The van der Waals surface area contributed by atoms with E-state index in [1.807, 2.05) is 13.0 Å². The molecule has 0 aliphatic carbocycles. The van der Waals surface area contributed by atoms with E-state index in [9.17, 15) is 4.39 Å². The van der Waals surface area contributed by atoms with Crippen LogP contribution >= 0.6 is 0 Å². The van der Waals surface area contributed by atoms with Crippen LogP contribution in [0, 0.1) is 12.7 Å². The zero-order valence-corrected chi connectivity index (χ0v) is 15.1. The number of hydrogen-bond donors (Lipinski definition) is 2. The molecule has 0 saturated heterocycles. The predicted molar refractivity (Wildman–Crippen MR) is 96.6 cm³/mol. The highest BCUT2D eigenvalue weighted by Gasteiger charge is 2.06. The molecule has 0 aliphatic heterocycles. The predicted octanol–water partition coefficient (Wildman–Crippen LogP) is 2.57. The summed E-state index contributed by atoms with van der Waals surface area (Å²) in [7, 11) is 3.92. The Bertz CT molecular complexity index is 502. The first-order chi connectivity index (χ1) is 11.0. The lowest BCUT2D eigenvalue weighted by Gasteiger charge is -2.24. The highest BCUT2D eigenvalue weighted by molar-refractivity contribution is 5.79. The Balaban J connectivity index is 2.31. The van der Waals surface area contributed by atoms with Gasteiger partial charge >= 0.3 is 0 Å². The third kappa shape index (κ3) is 6.99. The van der Waals surface area contributed by atoms with E-state index in [0.717, 1.165) is 49.6 Å². The molecule has 0 aromatic heterocycles. The van der Waals surface area contributed by atoms with Crippen LogP contribution in [0.5, 0.6) is 0 Å². The van der Waals surface area contributed by atoms with Crippen LogP contribution in [-0.4, -0.2) is 50.6 Å². The van der Waals surface area contributed by atoms with Crippen LogP contribution in [0.3, 0.4) is 0 Å². The van der Waals surface area contributed by atoms with Crippen molar-refractivity contribution in [3.05, 3.63) is 35.1 Å². The van der Waals surface area contributed by atoms with E-state index in [1.165, 1.54) is 6.07 Å². The van der Waals surface area contributed by atoms with Crippen molar-refractivity contribution >= 4 is 5.96 Å². The van der Waals surface area contributed by atoms with Gasteiger partial charge in [-0.25, -0.2) is 4.39 Å². The minimum atomic E-state index is -0.179. The van der Waals surface area contributed by atoms with E-state index in [0.29, 0.717) is 6.04 Å². The summed E-state index contributed by atoms with van der Waals surface area (Å²) in [5.74, 6) is 0.629. The topological polar surface area (TPSA) is 39.7 Å². The molecule has 4 nitrogen and oxygen atoms in total. The number of aryl methyl sites for hydroxylation is 1. The van der Waals surface area contributed by atoms with Crippen LogP contribution in [0.2, 0.25) is 0 Å². The summed E-state index contributed by atoms with van der Waals surface area (Å²) in [4.78, 5) is 6.57. The van der Waals surface area contributed by atoms with E-state index in [1.54, 1.807) is 13.1 Å². The van der Waals surface area contributed by atoms with Gasteiger partial charge in [0, 0.05) is 32.7 Å². The molecule has 0 heterocycles. The van der Waals surface area contributed by atoms with Crippen molar-refractivity contribution in [2.45, 2.75) is 39.7 Å². The quantitative estimate of drug-likeness (QED) is 0.571. The van der Waals surface area contributed by atoms with Gasteiger partial charge < -0.3 is 15.5 Å². The van der Waals surface area contributed by atoms with E-state index in [-0.39, 0.29) is 5.82 Å². The van der Waals surface area contributed by atoms with Crippen molar-refractivity contribution < 1.29 is 4.39 Å². The fourth-order valence-electron chi connectivity index (χ4n) is 2.36. The van der Waals surface area contributed by atoms with Gasteiger partial charge in [-0.15, -0.1) is 0 Å². The number of guanidine groups is 1. The van der Waals surface area contributed by atoms with Crippen molar-refractivity contribution in [2.75, 3.05) is 33.7 Å². The lowest BCUT2D eigenvalue weighted by atomic mass is 10.1. The van der Waals surface area contributed by atoms with Gasteiger partial charge in [-0.05, 0) is 57.0 Å². The summed E-state index contributed by atoms with van der Waals surface area (Å²) < 4.78 is 13.1. The number of halogens is 1. The summed E-state index contributed by atoms with van der Waals surface area (Å²) in [6.07, 6.45) is 2.00. The lowest BCUT2D eigenvalue weighted by Crippen LogP contribution is -2.42. The Morgan fingerprint density at radius 1 is 1.30 bits per heavy atom. The zero-order valence-electron chi connectivity index (χ0n) is 15.1. The molecule has 1 unspecified atom stereocenters. The zero-order chi connectivity index (χ0) is 17.2. The molecule has 1 atom stereocenters. The average molecular weight is 322 g/mol. The molecule has 2 N–H and O–H groups in total. The molecule has 0 radical (unpaired) electrons. The van der Waals surface area contributed by atoms with Crippen molar-refractivity contribution in [1.29, 1.82) is 0 Å². The van der Waals surface area contributed by atoms with Crippen LogP contribution < -0.4 is 10.6 Å². The molecular formula is C18H31FN4. The van der Waals surface area contributed by atoms with Crippen LogP contribution in [0.1, 0.15) is 31.4 Å². The van der Waals surface area contributed by atoms with Crippen molar-refractivity contribution in [3.8, 4) is 0 Å². The average Bonchev–Trinajstić information content (AvgIpc) is 2.54. The number of aliphatic imine (C=N–C) groups is 1. The fourth-order valence-corrected chi connectivity index (χ4v) is 2.36. The Kier molecular flexibility index (Phi) is 8.62. The van der Waals surface area contributed by atoms with Crippen molar-refractivity contribution in [1.82, 2.24) is 15.5 Å². The molecule has 0 bridgehead atoms. The molecule has 0 aliphatic rings. The number of benzene rings is 1. The van der Waals surface area contributed by atoms with Crippen LogP contribution in [0.15, 0.2) is 23.2 Å². The first-order valence-corrected chi connectivity index (χ1v) is 8.37. The molecule has 1 aromatic rings. The fraction of sp³-hybridized carbons (Fsp3) is 0.611. The van der Waals surface area contributed by atoms with Crippen molar-refractivity contribution in [3.63, 3.8) is 0 Å². The van der Waals surface area contributed by atoms with Crippen LogP contribution in [0.4, 0.5) is 4.39 Å². The first kappa shape index (κ1) is 19.4. The maximum absolute atomic E-state index is 13.1. The normalized spacial score (nSPS) is 13.3. The number of likely N-dealkylation sites (N-methyl/N-ethyl adjacent to an activating group) is 1. The molecule has 130 valence electrons. The second-order valence-corrected chi connectivity index (χ2v) is 5.98. The van der Waals surface area contributed by atoms with Crippen LogP contribution in [-0.2, 0) is 6.42 Å². The minimum absolute atomic E-state index is 0.179. The van der Waals surface area contributed by atoms with Crippen molar-refractivity contribution in [2.24, 2.45) is 4.99 Å². The summed E-state index contributed by atoms with van der Waals surface area (Å²) in [5, 5.41) is 6.63. The summed E-state index contributed by atoms with van der Waals surface area (Å²) in [5.41, 5.74) is 2.15. The van der Waals surface area contributed by atoms with Gasteiger partial charge in [-0.2, -0.15) is 0 Å². The lowest BCUT2D eigenvalue weighted by molar-refractivity contribution is 0.255. The van der Waals surface area contributed by atoms with E-state index >= 15 is 0 Å². The number of nitrogens with zero attached hydrogens (tertiary/aromatic N) is 2. The number of nitrogens with one attached hydrogen (secondary N) is 2. The van der Waals surface area contributed by atoms with E-state index in [4.69, 9.17) is 0 Å². The smallest absolute Gasteiger partial charge is 0.191 e. The van der Waals surface area contributed by atoms with Gasteiger partial charge in [0.2, 0.25) is 0 Å². The monoisotopic (exact) mass is 322 g/mol. The largest absolute Gasteiger partial charge is 0.356 e. The second-order valence-electron chi connectivity index (χ2n) is 5.98. The second kappa shape index (κ2) is 10.2. The maximum Gasteiger partial charge on any atom is 0.191 e. The third-order valence-electron chi connectivity index (χ3n) is 4.32. The summed E-state index contributed by atoms with van der Waals surface area (Å²) >= 11 is 0. The highest BCUT2D eigenvalue weighted by Crippen LogP contribution is 2.10. The number of rotatable bonds is 8. The molecule has 0 fully saturated rings. The molecule has 0 amide bonds. The first-order valence-electron chi connectivity index (χ1n) is 8.37. The van der Waals surface area contributed by atoms with Crippen LogP contribution in [0.25, 0.3) is 0 Å². The molecule has 23 heavy (non-hydrogen) atoms. The molecule has 0 saturated carbocycles. The molecule has 0 spiro atoms. The van der Waals surface area contributed by atoms with E-state index in [2.05, 4.69) is 41.4 Å².